The highest BCUT2D eigenvalue weighted by atomic mass is 32.2. The van der Waals surface area contributed by atoms with E-state index in [0.29, 0.717) is 31.9 Å². The average Bonchev–Trinajstić information content (AvgIpc) is 2.84. The molecule has 1 amide bonds. The predicted molar refractivity (Wildman–Crippen MR) is 74.2 cm³/mol. The number of rotatable bonds is 3. The van der Waals surface area contributed by atoms with Gasteiger partial charge in [0.2, 0.25) is 10.0 Å². The molecule has 1 aromatic heterocycles. The molecule has 1 aromatic rings. The van der Waals surface area contributed by atoms with Gasteiger partial charge in [-0.05, 0) is 0 Å². The molecule has 21 heavy (non-hydrogen) atoms. The third-order valence-electron chi connectivity index (χ3n) is 3.86. The molecule has 0 bridgehead atoms. The van der Waals surface area contributed by atoms with E-state index in [1.165, 1.54) is 10.6 Å². The maximum Gasteiger partial charge on any atom is 0.276 e. The summed E-state index contributed by atoms with van der Waals surface area (Å²) in [6.45, 7) is 3.08. The second-order valence-electron chi connectivity index (χ2n) is 5.35. The zero-order valence-electron chi connectivity index (χ0n) is 11.8. The maximum absolute atomic E-state index is 12.3. The Morgan fingerprint density at radius 2 is 1.95 bits per heavy atom. The van der Waals surface area contributed by atoms with Crippen LogP contribution in [-0.2, 0) is 10.0 Å². The van der Waals surface area contributed by atoms with Gasteiger partial charge in [-0.25, -0.2) is 13.1 Å². The second-order valence-corrected chi connectivity index (χ2v) is 7.33. The Morgan fingerprint density at radius 3 is 2.48 bits per heavy atom. The first-order valence-electron chi connectivity index (χ1n) is 6.82. The van der Waals surface area contributed by atoms with Crippen LogP contribution >= 0.6 is 0 Å². The lowest BCUT2D eigenvalue weighted by atomic mass is 10.2. The number of carbonyl (C=O) groups is 1. The molecule has 2 saturated heterocycles. The number of nitrogens with one attached hydrogen (secondary N) is 1. The van der Waals surface area contributed by atoms with E-state index >= 15 is 0 Å². The molecule has 0 aliphatic carbocycles. The Hall–Kier alpha value is -1.52. The number of hydrogen-bond acceptors (Lipinski definition) is 6. The summed E-state index contributed by atoms with van der Waals surface area (Å²) >= 11 is 0. The predicted octanol–water partition coefficient (Wildman–Crippen LogP) is -1.86. The lowest BCUT2D eigenvalue weighted by molar-refractivity contribution is 0.0692. The number of aromatic nitrogens is 3. The van der Waals surface area contributed by atoms with Crippen LogP contribution in [0.1, 0.15) is 16.5 Å². The quantitative estimate of drug-likeness (QED) is 0.702. The van der Waals surface area contributed by atoms with E-state index in [0.717, 1.165) is 13.1 Å². The minimum Gasteiger partial charge on any atom is -0.335 e. The first-order valence-corrected chi connectivity index (χ1v) is 8.67. The van der Waals surface area contributed by atoms with Crippen LogP contribution in [0.15, 0.2) is 6.20 Å². The highest BCUT2D eigenvalue weighted by molar-refractivity contribution is 7.88. The molecule has 2 fully saturated rings. The fourth-order valence-electron chi connectivity index (χ4n) is 2.40. The summed E-state index contributed by atoms with van der Waals surface area (Å²) in [6, 6.07) is 0.265. The summed E-state index contributed by atoms with van der Waals surface area (Å²) in [7, 11) is -3.19. The van der Waals surface area contributed by atoms with Gasteiger partial charge in [0.25, 0.3) is 5.91 Å². The number of nitrogens with zero attached hydrogens (tertiary/aromatic N) is 5. The van der Waals surface area contributed by atoms with Crippen molar-refractivity contribution in [2.24, 2.45) is 0 Å². The summed E-state index contributed by atoms with van der Waals surface area (Å²) in [5.74, 6) is -0.193. The lowest BCUT2D eigenvalue weighted by Crippen LogP contribution is -2.50. The Morgan fingerprint density at radius 1 is 1.29 bits per heavy atom. The second kappa shape index (κ2) is 5.35. The summed E-state index contributed by atoms with van der Waals surface area (Å²) in [4.78, 5) is 13.9. The Labute approximate surface area is 122 Å². The number of sulfonamides is 1. The average molecular weight is 314 g/mol. The SMILES string of the molecule is CS(=O)(=O)N1CCN(C(=O)c2cn(C3CNC3)nn2)CC1. The Kier molecular flexibility index (Phi) is 3.68. The number of hydrogen-bond donors (Lipinski definition) is 1. The van der Waals surface area contributed by atoms with Gasteiger partial charge in [-0.1, -0.05) is 5.21 Å². The smallest absolute Gasteiger partial charge is 0.276 e. The monoisotopic (exact) mass is 314 g/mol. The first kappa shape index (κ1) is 14.4. The van der Waals surface area contributed by atoms with Crippen LogP contribution in [0.2, 0.25) is 0 Å². The van der Waals surface area contributed by atoms with Gasteiger partial charge in [0.05, 0.1) is 18.5 Å². The van der Waals surface area contributed by atoms with Crippen molar-refractivity contribution in [2.75, 3.05) is 45.5 Å². The standard InChI is InChI=1S/C11H18N6O3S/c1-21(19,20)16-4-2-15(3-5-16)11(18)10-8-17(14-13-10)9-6-12-7-9/h8-9,12H,2-7H2,1H3. The van der Waals surface area contributed by atoms with Gasteiger partial charge in [0.1, 0.15) is 0 Å². The zero-order valence-corrected chi connectivity index (χ0v) is 12.6. The minimum absolute atomic E-state index is 0.193. The van der Waals surface area contributed by atoms with Crippen LogP contribution in [0.4, 0.5) is 0 Å². The van der Waals surface area contributed by atoms with Gasteiger partial charge in [-0.3, -0.25) is 4.79 Å². The fraction of sp³-hybridized carbons (Fsp3) is 0.727. The van der Waals surface area contributed by atoms with Gasteiger partial charge >= 0.3 is 0 Å². The zero-order chi connectivity index (χ0) is 15.0. The van der Waals surface area contributed by atoms with Crippen molar-refractivity contribution in [3.63, 3.8) is 0 Å². The molecule has 2 aliphatic heterocycles. The van der Waals surface area contributed by atoms with Crippen molar-refractivity contribution >= 4 is 15.9 Å². The van der Waals surface area contributed by atoms with E-state index in [-0.39, 0.29) is 11.9 Å². The molecule has 0 unspecified atom stereocenters. The van der Waals surface area contributed by atoms with Crippen LogP contribution in [0.25, 0.3) is 0 Å². The largest absolute Gasteiger partial charge is 0.335 e. The van der Waals surface area contributed by atoms with Crippen molar-refractivity contribution < 1.29 is 13.2 Å². The van der Waals surface area contributed by atoms with E-state index < -0.39 is 10.0 Å². The van der Waals surface area contributed by atoms with Gasteiger partial charge in [-0.15, -0.1) is 5.10 Å². The van der Waals surface area contributed by atoms with Gasteiger partial charge in [0.15, 0.2) is 5.69 Å². The summed E-state index contributed by atoms with van der Waals surface area (Å²) in [6.07, 6.45) is 2.85. The summed E-state index contributed by atoms with van der Waals surface area (Å²) in [5.41, 5.74) is 0.315. The van der Waals surface area contributed by atoms with Crippen LogP contribution in [0.3, 0.4) is 0 Å². The molecule has 0 spiro atoms. The van der Waals surface area contributed by atoms with E-state index in [1.807, 2.05) is 0 Å². The topological polar surface area (TPSA) is 100 Å². The van der Waals surface area contributed by atoms with Crippen LogP contribution in [0, 0.1) is 0 Å². The highest BCUT2D eigenvalue weighted by Gasteiger charge is 2.28. The van der Waals surface area contributed by atoms with E-state index in [9.17, 15) is 13.2 Å². The lowest BCUT2D eigenvalue weighted by Gasteiger charge is -2.32. The molecule has 0 aromatic carbocycles. The molecule has 0 saturated carbocycles. The van der Waals surface area contributed by atoms with E-state index in [4.69, 9.17) is 0 Å². The van der Waals surface area contributed by atoms with Crippen LogP contribution < -0.4 is 5.32 Å². The van der Waals surface area contributed by atoms with Crippen molar-refractivity contribution in [2.45, 2.75) is 6.04 Å². The van der Waals surface area contributed by atoms with E-state index in [1.54, 1.807) is 15.8 Å². The van der Waals surface area contributed by atoms with Gasteiger partial charge in [-0.2, -0.15) is 4.31 Å². The normalized spacial score (nSPS) is 21.3. The molecule has 116 valence electrons. The highest BCUT2D eigenvalue weighted by Crippen LogP contribution is 2.12. The van der Waals surface area contributed by atoms with Crippen molar-refractivity contribution in [1.29, 1.82) is 0 Å². The molecule has 9 nitrogen and oxygen atoms in total. The molecule has 10 heteroatoms. The molecule has 1 N–H and O–H groups in total. The van der Waals surface area contributed by atoms with Crippen molar-refractivity contribution in [1.82, 2.24) is 29.5 Å². The molecule has 2 aliphatic rings. The van der Waals surface area contributed by atoms with Crippen molar-refractivity contribution in [3.05, 3.63) is 11.9 Å². The third kappa shape index (κ3) is 2.92. The summed E-state index contributed by atoms with van der Waals surface area (Å²) in [5, 5.41) is 11.0. The first-order chi connectivity index (χ1) is 9.95. The fourth-order valence-corrected chi connectivity index (χ4v) is 3.23. The Bertz CT molecular complexity index is 630. The maximum atomic E-state index is 12.3. The van der Waals surface area contributed by atoms with Gasteiger partial charge in [0, 0.05) is 39.3 Å². The molecule has 0 atom stereocenters. The van der Waals surface area contributed by atoms with Crippen molar-refractivity contribution in [3.8, 4) is 0 Å². The molecule has 3 heterocycles. The molecular weight excluding hydrogens is 296 g/mol. The molecular formula is C11H18N6O3S. The van der Waals surface area contributed by atoms with Crippen LogP contribution in [0.5, 0.6) is 0 Å². The molecule has 3 rings (SSSR count). The van der Waals surface area contributed by atoms with Gasteiger partial charge < -0.3 is 10.2 Å². The number of carbonyl (C=O) groups excluding carboxylic acids is 1. The van der Waals surface area contributed by atoms with Crippen LogP contribution in [-0.4, -0.2) is 84.0 Å². The summed E-state index contributed by atoms with van der Waals surface area (Å²) < 4.78 is 26.0. The van der Waals surface area contributed by atoms with E-state index in [2.05, 4.69) is 15.6 Å². The minimum atomic E-state index is -3.19. The number of amides is 1. The Balaban J connectivity index is 1.62. The number of piperazine rings is 1. The third-order valence-corrected chi connectivity index (χ3v) is 5.16. The molecule has 0 radical (unpaired) electrons.